The summed E-state index contributed by atoms with van der Waals surface area (Å²) in [5.74, 6) is -0.208. The minimum Gasteiger partial charge on any atom is -0.294 e. The van der Waals surface area contributed by atoms with E-state index >= 15 is 0 Å². The molecular weight excluding hydrogens is 247 g/mol. The van der Waals surface area contributed by atoms with Gasteiger partial charge in [-0.15, -0.1) is 11.3 Å². The molecule has 18 heavy (non-hydrogen) atoms. The molecule has 0 saturated carbocycles. The van der Waals surface area contributed by atoms with Gasteiger partial charge in [0.05, 0.1) is 5.69 Å². The van der Waals surface area contributed by atoms with Gasteiger partial charge in [-0.1, -0.05) is 12.1 Å². The molecule has 90 valence electrons. The fourth-order valence-electron chi connectivity index (χ4n) is 2.60. The maximum atomic E-state index is 13.7. The summed E-state index contributed by atoms with van der Waals surface area (Å²) in [6.07, 6.45) is 5.47. The van der Waals surface area contributed by atoms with Crippen LogP contribution in [0.2, 0.25) is 0 Å². The average molecular weight is 258 g/mol. The fourth-order valence-corrected chi connectivity index (χ4v) is 3.79. The highest BCUT2D eigenvalue weighted by Crippen LogP contribution is 2.33. The fraction of sp³-hybridized carbons (Fsp3) is 0.214. The lowest BCUT2D eigenvalue weighted by molar-refractivity contribution is 0.631. The van der Waals surface area contributed by atoms with Gasteiger partial charge in [-0.05, 0) is 31.4 Å². The van der Waals surface area contributed by atoms with E-state index in [1.807, 2.05) is 12.3 Å². The Morgan fingerprint density at radius 3 is 3.00 bits per heavy atom. The highest BCUT2D eigenvalue weighted by atomic mass is 32.1. The molecule has 4 heteroatoms. The second-order valence-electron chi connectivity index (χ2n) is 4.58. The Kier molecular flexibility index (Phi) is 2.08. The van der Waals surface area contributed by atoms with Gasteiger partial charge in [0.25, 0.3) is 0 Å². The van der Waals surface area contributed by atoms with Crippen molar-refractivity contribution in [3.05, 3.63) is 46.9 Å². The molecule has 0 spiro atoms. The largest absolute Gasteiger partial charge is 0.294 e. The van der Waals surface area contributed by atoms with E-state index in [1.165, 1.54) is 29.5 Å². The molecule has 1 aliphatic carbocycles. The van der Waals surface area contributed by atoms with Gasteiger partial charge in [-0.25, -0.2) is 9.37 Å². The van der Waals surface area contributed by atoms with Crippen molar-refractivity contribution in [3.8, 4) is 11.3 Å². The number of halogens is 1. The van der Waals surface area contributed by atoms with Crippen LogP contribution in [0.4, 0.5) is 4.39 Å². The van der Waals surface area contributed by atoms with Crippen LogP contribution in [0, 0.1) is 5.82 Å². The molecule has 0 amide bonds. The first-order valence-corrected chi connectivity index (χ1v) is 6.89. The number of benzene rings is 1. The minimum atomic E-state index is -0.208. The Labute approximate surface area is 108 Å². The van der Waals surface area contributed by atoms with Crippen LogP contribution < -0.4 is 0 Å². The van der Waals surface area contributed by atoms with E-state index in [9.17, 15) is 4.39 Å². The molecule has 2 nitrogen and oxygen atoms in total. The predicted octanol–water partition coefficient (Wildman–Crippen LogP) is 3.69. The van der Waals surface area contributed by atoms with E-state index in [-0.39, 0.29) is 5.82 Å². The Morgan fingerprint density at radius 2 is 2.11 bits per heavy atom. The van der Waals surface area contributed by atoms with Crippen LogP contribution in [0.15, 0.2) is 30.5 Å². The molecule has 0 N–H and O–H groups in total. The number of rotatable bonds is 1. The number of aryl methyl sites for hydroxylation is 2. The summed E-state index contributed by atoms with van der Waals surface area (Å²) in [5, 5.41) is 0. The lowest BCUT2D eigenvalue weighted by Crippen LogP contribution is -1.86. The van der Waals surface area contributed by atoms with E-state index in [2.05, 4.69) is 9.38 Å². The van der Waals surface area contributed by atoms with E-state index in [0.29, 0.717) is 5.56 Å². The highest BCUT2D eigenvalue weighted by Gasteiger charge is 2.20. The summed E-state index contributed by atoms with van der Waals surface area (Å²) < 4.78 is 15.9. The van der Waals surface area contributed by atoms with Crippen LogP contribution in [-0.2, 0) is 12.8 Å². The summed E-state index contributed by atoms with van der Waals surface area (Å²) in [4.78, 5) is 6.98. The molecule has 0 bridgehead atoms. The number of imidazole rings is 1. The molecule has 0 radical (unpaired) electrons. The average Bonchev–Trinajstić information content (AvgIpc) is 3.00. The molecule has 3 aromatic rings. The van der Waals surface area contributed by atoms with Crippen molar-refractivity contribution in [2.24, 2.45) is 0 Å². The molecular formula is C14H11FN2S. The summed E-state index contributed by atoms with van der Waals surface area (Å²) in [5.41, 5.74) is 2.68. The second-order valence-corrected chi connectivity index (χ2v) is 5.65. The zero-order valence-electron chi connectivity index (χ0n) is 9.69. The second kappa shape index (κ2) is 3.65. The normalized spacial score (nSPS) is 14.3. The third-order valence-corrected chi connectivity index (χ3v) is 4.62. The number of nitrogens with zero attached hydrogens (tertiary/aromatic N) is 2. The maximum Gasteiger partial charge on any atom is 0.194 e. The van der Waals surface area contributed by atoms with Crippen molar-refractivity contribution >= 4 is 16.3 Å². The van der Waals surface area contributed by atoms with Crippen molar-refractivity contribution in [2.75, 3.05) is 0 Å². The molecule has 4 rings (SSSR count). The molecule has 0 fully saturated rings. The van der Waals surface area contributed by atoms with Gasteiger partial charge in [0, 0.05) is 22.3 Å². The molecule has 0 unspecified atom stereocenters. The van der Waals surface area contributed by atoms with Crippen molar-refractivity contribution in [2.45, 2.75) is 19.3 Å². The zero-order chi connectivity index (χ0) is 12.1. The molecule has 0 saturated heterocycles. The van der Waals surface area contributed by atoms with Gasteiger partial charge < -0.3 is 0 Å². The SMILES string of the molecule is Fc1ccccc1-c1cn2c3c(sc2n1)CCC3. The third-order valence-electron chi connectivity index (χ3n) is 3.47. The van der Waals surface area contributed by atoms with Gasteiger partial charge in [0.1, 0.15) is 5.82 Å². The topological polar surface area (TPSA) is 17.3 Å². The zero-order valence-corrected chi connectivity index (χ0v) is 10.5. The van der Waals surface area contributed by atoms with Crippen LogP contribution >= 0.6 is 11.3 Å². The van der Waals surface area contributed by atoms with Gasteiger partial charge in [-0.3, -0.25) is 4.40 Å². The van der Waals surface area contributed by atoms with Crippen LogP contribution in [0.25, 0.3) is 16.2 Å². The van der Waals surface area contributed by atoms with Crippen LogP contribution in [0.5, 0.6) is 0 Å². The van der Waals surface area contributed by atoms with Crippen molar-refractivity contribution in [3.63, 3.8) is 0 Å². The van der Waals surface area contributed by atoms with Crippen molar-refractivity contribution in [1.29, 1.82) is 0 Å². The van der Waals surface area contributed by atoms with Crippen LogP contribution in [0.1, 0.15) is 17.0 Å². The monoisotopic (exact) mass is 258 g/mol. The summed E-state index contributed by atoms with van der Waals surface area (Å²) in [6.45, 7) is 0. The number of fused-ring (bicyclic) bond motifs is 3. The van der Waals surface area contributed by atoms with E-state index in [0.717, 1.165) is 17.1 Å². The Bertz CT molecular complexity index is 741. The number of hydrogen-bond acceptors (Lipinski definition) is 2. The summed E-state index contributed by atoms with van der Waals surface area (Å²) >= 11 is 1.74. The molecule has 0 atom stereocenters. The first-order chi connectivity index (χ1) is 8.83. The predicted molar refractivity (Wildman–Crippen MR) is 70.5 cm³/mol. The van der Waals surface area contributed by atoms with Gasteiger partial charge >= 0.3 is 0 Å². The highest BCUT2D eigenvalue weighted by molar-refractivity contribution is 7.17. The smallest absolute Gasteiger partial charge is 0.194 e. The lowest BCUT2D eigenvalue weighted by atomic mass is 10.1. The minimum absolute atomic E-state index is 0.208. The molecule has 2 heterocycles. The quantitative estimate of drug-likeness (QED) is 0.650. The number of aromatic nitrogens is 2. The van der Waals surface area contributed by atoms with E-state index < -0.39 is 0 Å². The molecule has 0 aliphatic heterocycles. The lowest BCUT2D eigenvalue weighted by Gasteiger charge is -1.97. The van der Waals surface area contributed by atoms with Crippen molar-refractivity contribution in [1.82, 2.24) is 9.38 Å². The van der Waals surface area contributed by atoms with E-state index in [1.54, 1.807) is 23.5 Å². The standard InChI is InChI=1S/C14H11FN2S/c15-10-5-2-1-4-9(10)11-8-17-12-6-3-7-13(12)18-14(17)16-11/h1-2,4-5,8H,3,6-7H2. The maximum absolute atomic E-state index is 13.7. The molecule has 2 aromatic heterocycles. The Hall–Kier alpha value is -1.68. The first kappa shape index (κ1) is 10.3. The van der Waals surface area contributed by atoms with Crippen molar-refractivity contribution < 1.29 is 4.39 Å². The first-order valence-electron chi connectivity index (χ1n) is 6.07. The van der Waals surface area contributed by atoms with Gasteiger partial charge in [0.2, 0.25) is 0 Å². The van der Waals surface area contributed by atoms with Crippen LogP contribution in [-0.4, -0.2) is 9.38 Å². The van der Waals surface area contributed by atoms with Gasteiger partial charge in [-0.2, -0.15) is 0 Å². The Morgan fingerprint density at radius 1 is 1.22 bits per heavy atom. The summed E-state index contributed by atoms with van der Waals surface area (Å²) in [6, 6.07) is 6.81. The van der Waals surface area contributed by atoms with E-state index in [4.69, 9.17) is 0 Å². The summed E-state index contributed by atoms with van der Waals surface area (Å²) in [7, 11) is 0. The Balaban J connectivity index is 1.92. The number of thiazole rings is 1. The van der Waals surface area contributed by atoms with Gasteiger partial charge in [0.15, 0.2) is 4.96 Å². The molecule has 1 aliphatic rings. The molecule has 1 aromatic carbocycles. The third kappa shape index (κ3) is 1.35. The van der Waals surface area contributed by atoms with Crippen LogP contribution in [0.3, 0.4) is 0 Å². The number of hydrogen-bond donors (Lipinski definition) is 0.